The molecule has 1 aliphatic rings. The van der Waals surface area contributed by atoms with Crippen LogP contribution >= 0.6 is 0 Å². The van der Waals surface area contributed by atoms with Crippen LogP contribution in [0, 0.1) is 0 Å². The number of rotatable bonds is 0. The fraction of sp³-hybridized carbons (Fsp3) is 0. The Hall–Kier alpha value is -0.495. The maximum Gasteiger partial charge on any atom is 0.343 e. The molecule has 1 nitrogen and oxygen atoms in total. The molecule has 0 aromatic rings. The zero-order chi connectivity index (χ0) is 4.41. The molecule has 0 spiro atoms. The lowest BCUT2D eigenvalue weighted by atomic mass is 9.72. The highest BCUT2D eigenvalue weighted by atomic mass is 16.2. The molecule has 0 atom stereocenters. The lowest BCUT2D eigenvalue weighted by Gasteiger charge is -1.76. The van der Waals surface area contributed by atoms with Gasteiger partial charge < -0.3 is 5.02 Å². The topological polar surface area (TPSA) is 20.2 Å². The zero-order valence-electron chi connectivity index (χ0n) is 3.33. The van der Waals surface area contributed by atoms with E-state index in [1.54, 1.807) is 12.0 Å². The predicted molar refractivity (Wildman–Crippen MR) is 26.3 cm³/mol. The third-order valence-electron chi connectivity index (χ3n) is 0.728. The van der Waals surface area contributed by atoms with Crippen LogP contribution in [0.2, 0.25) is 0 Å². The first-order chi connectivity index (χ1) is 2.89. The van der Waals surface area contributed by atoms with Crippen LogP contribution in [0.5, 0.6) is 0 Å². The minimum absolute atomic E-state index is 0.315. The molecule has 0 radical (unpaired) electrons. The Bertz CT molecular complexity index is 83.7. The molecule has 1 aliphatic heterocycles. The molecule has 1 heterocycles. The maximum atomic E-state index is 8.56. The van der Waals surface area contributed by atoms with Gasteiger partial charge >= 0.3 is 6.92 Å². The first-order valence-corrected chi connectivity index (χ1v) is 1.92. The Kier molecular flexibility index (Phi) is 0.804. The van der Waals surface area contributed by atoms with Crippen LogP contribution in [-0.2, 0) is 0 Å². The van der Waals surface area contributed by atoms with Crippen molar-refractivity contribution >= 4 is 6.92 Å². The van der Waals surface area contributed by atoms with Crippen LogP contribution in [0.25, 0.3) is 0 Å². The normalized spacial score (nSPS) is 17.2. The van der Waals surface area contributed by atoms with E-state index in [-0.39, 0.29) is 6.92 Å². The fourth-order valence-electron chi connectivity index (χ4n) is 0.420. The number of hydrogen-bond donors (Lipinski definition) is 1. The highest BCUT2D eigenvalue weighted by Crippen LogP contribution is 1.91. The molecule has 0 amide bonds. The SMILES string of the molecule is OB1C=CC=C1. The van der Waals surface area contributed by atoms with E-state index in [0.717, 1.165) is 0 Å². The maximum absolute atomic E-state index is 8.56. The second kappa shape index (κ2) is 1.31. The van der Waals surface area contributed by atoms with Gasteiger partial charge in [-0.2, -0.15) is 0 Å². The monoisotopic (exact) mass is 80.0 g/mol. The van der Waals surface area contributed by atoms with Crippen molar-refractivity contribution in [3.63, 3.8) is 0 Å². The molecule has 0 aromatic heterocycles. The Labute approximate surface area is 37.1 Å². The summed E-state index contributed by atoms with van der Waals surface area (Å²) in [6, 6.07) is 0. The second-order valence-electron chi connectivity index (χ2n) is 1.26. The average molecular weight is 79.9 g/mol. The fourth-order valence-corrected chi connectivity index (χ4v) is 0.420. The molecule has 1 rings (SSSR count). The summed E-state index contributed by atoms with van der Waals surface area (Å²) in [6.45, 7) is -0.315. The molecule has 6 heavy (non-hydrogen) atoms. The first kappa shape index (κ1) is 3.69. The van der Waals surface area contributed by atoms with E-state index in [9.17, 15) is 0 Å². The predicted octanol–water partition coefficient (Wildman–Crippen LogP) is 0.175. The summed E-state index contributed by atoms with van der Waals surface area (Å²) in [6.07, 6.45) is 3.65. The van der Waals surface area contributed by atoms with Gasteiger partial charge in [0.1, 0.15) is 0 Å². The summed E-state index contributed by atoms with van der Waals surface area (Å²) in [5.41, 5.74) is 0. The summed E-state index contributed by atoms with van der Waals surface area (Å²) in [4.78, 5) is 0. The van der Waals surface area contributed by atoms with Gasteiger partial charge in [-0.3, -0.25) is 0 Å². The van der Waals surface area contributed by atoms with Crippen LogP contribution in [0.3, 0.4) is 0 Å². The van der Waals surface area contributed by atoms with Crippen LogP contribution in [0.1, 0.15) is 0 Å². The largest absolute Gasteiger partial charge is 0.443 e. The van der Waals surface area contributed by atoms with Gasteiger partial charge in [-0.1, -0.05) is 24.1 Å². The van der Waals surface area contributed by atoms with Crippen LogP contribution in [-0.4, -0.2) is 11.9 Å². The summed E-state index contributed by atoms with van der Waals surface area (Å²) in [5.74, 6) is 3.44. The molecule has 0 aliphatic carbocycles. The third-order valence-corrected chi connectivity index (χ3v) is 0.728. The van der Waals surface area contributed by atoms with E-state index < -0.39 is 0 Å². The van der Waals surface area contributed by atoms with Gasteiger partial charge in [0, 0.05) is 0 Å². The van der Waals surface area contributed by atoms with Crippen molar-refractivity contribution in [1.29, 1.82) is 0 Å². The van der Waals surface area contributed by atoms with E-state index in [4.69, 9.17) is 5.02 Å². The second-order valence-corrected chi connectivity index (χ2v) is 1.26. The molecule has 0 bridgehead atoms. The summed E-state index contributed by atoms with van der Waals surface area (Å²) in [5, 5.41) is 8.56. The van der Waals surface area contributed by atoms with Crippen molar-refractivity contribution in [2.24, 2.45) is 0 Å². The van der Waals surface area contributed by atoms with Crippen molar-refractivity contribution in [1.82, 2.24) is 0 Å². The van der Waals surface area contributed by atoms with Crippen molar-refractivity contribution < 1.29 is 5.02 Å². The quantitative estimate of drug-likeness (QED) is 0.411. The minimum Gasteiger partial charge on any atom is -0.443 e. The molecule has 1 N–H and O–H groups in total. The van der Waals surface area contributed by atoms with E-state index in [2.05, 4.69) is 0 Å². The standard InChI is InChI=1S/C4H5BO/c6-5-3-1-2-4-5/h1-4,6H. The summed E-state index contributed by atoms with van der Waals surface area (Å²) in [7, 11) is 0. The van der Waals surface area contributed by atoms with Gasteiger partial charge in [0.05, 0.1) is 0 Å². The lowest BCUT2D eigenvalue weighted by molar-refractivity contribution is 0.599. The smallest absolute Gasteiger partial charge is 0.343 e. The first-order valence-electron chi connectivity index (χ1n) is 1.92. The van der Waals surface area contributed by atoms with Crippen molar-refractivity contribution in [2.45, 2.75) is 0 Å². The molecule has 0 saturated carbocycles. The van der Waals surface area contributed by atoms with Gasteiger partial charge in [0.25, 0.3) is 0 Å². The Morgan fingerprint density at radius 2 is 1.67 bits per heavy atom. The number of allylic oxidation sites excluding steroid dienone is 2. The lowest BCUT2D eigenvalue weighted by Crippen LogP contribution is -1.98. The Morgan fingerprint density at radius 3 is 1.83 bits per heavy atom. The minimum atomic E-state index is -0.315. The average Bonchev–Trinajstić information content (AvgIpc) is 1.86. The van der Waals surface area contributed by atoms with Crippen LogP contribution in [0.4, 0.5) is 0 Å². The molecule has 0 aromatic carbocycles. The van der Waals surface area contributed by atoms with Gasteiger partial charge in [-0.25, -0.2) is 0 Å². The molecule has 0 unspecified atom stereocenters. The van der Waals surface area contributed by atoms with Crippen molar-refractivity contribution in [3.8, 4) is 0 Å². The van der Waals surface area contributed by atoms with Gasteiger partial charge in [0.2, 0.25) is 0 Å². The van der Waals surface area contributed by atoms with Gasteiger partial charge in [-0.15, -0.1) is 0 Å². The highest BCUT2D eigenvalue weighted by Gasteiger charge is 2.00. The van der Waals surface area contributed by atoms with E-state index >= 15 is 0 Å². The summed E-state index contributed by atoms with van der Waals surface area (Å²) < 4.78 is 0. The number of hydrogen-bond acceptors (Lipinski definition) is 1. The van der Waals surface area contributed by atoms with E-state index in [1.165, 1.54) is 0 Å². The molecule has 2 heteroatoms. The van der Waals surface area contributed by atoms with Crippen molar-refractivity contribution in [3.05, 3.63) is 24.1 Å². The summed E-state index contributed by atoms with van der Waals surface area (Å²) >= 11 is 0. The highest BCUT2D eigenvalue weighted by molar-refractivity contribution is 6.62. The van der Waals surface area contributed by atoms with Gasteiger partial charge in [0.15, 0.2) is 0 Å². The Balaban J connectivity index is 2.60. The Morgan fingerprint density at radius 1 is 1.17 bits per heavy atom. The van der Waals surface area contributed by atoms with Crippen LogP contribution in [0.15, 0.2) is 24.1 Å². The molecule has 30 valence electrons. The molecule has 0 fully saturated rings. The van der Waals surface area contributed by atoms with E-state index in [0.29, 0.717) is 0 Å². The van der Waals surface area contributed by atoms with Gasteiger partial charge in [-0.05, 0) is 0 Å². The molecular formula is C4H5BO. The molecule has 0 saturated heterocycles. The zero-order valence-corrected chi connectivity index (χ0v) is 3.33. The van der Waals surface area contributed by atoms with Crippen molar-refractivity contribution in [2.75, 3.05) is 0 Å². The van der Waals surface area contributed by atoms with E-state index in [1.807, 2.05) is 12.2 Å². The molecular weight excluding hydrogens is 74.9 g/mol. The van der Waals surface area contributed by atoms with Crippen LogP contribution < -0.4 is 0 Å². The third kappa shape index (κ3) is 0.520.